The van der Waals surface area contributed by atoms with Crippen LogP contribution in [0.3, 0.4) is 0 Å². The Morgan fingerprint density at radius 2 is 1.32 bits per heavy atom. The lowest BCUT2D eigenvalue weighted by atomic mass is 9.50. The summed E-state index contributed by atoms with van der Waals surface area (Å²) in [4.78, 5) is 0. The van der Waals surface area contributed by atoms with Crippen molar-refractivity contribution in [2.24, 2.45) is 23.2 Å². The number of rotatable bonds is 4. The molecule has 4 aliphatic rings. The van der Waals surface area contributed by atoms with E-state index < -0.39 is 36.7 Å². The monoisotopic (exact) mass is 361 g/mol. The van der Waals surface area contributed by atoms with Crippen LogP contribution in [0.2, 0.25) is 0 Å². The van der Waals surface area contributed by atoms with Gasteiger partial charge in [0.1, 0.15) is 0 Å². The fourth-order valence-electron chi connectivity index (χ4n) is 5.11. The molecule has 0 aromatic rings. The molecule has 4 bridgehead atoms. The molecule has 0 atom stereocenters. The van der Waals surface area contributed by atoms with Gasteiger partial charge in [0.05, 0.1) is 5.75 Å². The molecule has 0 radical (unpaired) electrons. The van der Waals surface area contributed by atoms with E-state index in [0.717, 1.165) is 23.4 Å². The second kappa shape index (κ2) is 4.83. The van der Waals surface area contributed by atoms with Crippen LogP contribution in [0, 0.1) is 23.2 Å². The van der Waals surface area contributed by atoms with E-state index in [2.05, 4.69) is 0 Å². The Kier molecular flexibility index (Phi) is 3.62. The van der Waals surface area contributed by atoms with Crippen LogP contribution in [-0.4, -0.2) is 28.1 Å². The van der Waals surface area contributed by atoms with Crippen LogP contribution in [0.1, 0.15) is 38.5 Å². The molecule has 22 heavy (non-hydrogen) atoms. The van der Waals surface area contributed by atoms with Gasteiger partial charge < -0.3 is 0 Å². The van der Waals surface area contributed by atoms with Gasteiger partial charge in [0.25, 0.3) is 0 Å². The molecule has 0 saturated heterocycles. The van der Waals surface area contributed by atoms with Gasteiger partial charge in [-0.3, -0.25) is 0 Å². The van der Waals surface area contributed by atoms with Crippen molar-refractivity contribution in [3.63, 3.8) is 0 Å². The van der Waals surface area contributed by atoms with E-state index in [1.54, 1.807) is 0 Å². The van der Waals surface area contributed by atoms with E-state index in [4.69, 9.17) is 0 Å². The van der Waals surface area contributed by atoms with Gasteiger partial charge >= 0.3 is 15.5 Å². The number of hydrogen-bond donors (Lipinski definition) is 1. The lowest BCUT2D eigenvalue weighted by molar-refractivity contribution is -0.0445. The van der Waals surface area contributed by atoms with Crippen LogP contribution < -0.4 is 4.13 Å². The van der Waals surface area contributed by atoms with Crippen LogP contribution in [0.5, 0.6) is 0 Å². The first-order valence-electron chi connectivity index (χ1n) is 7.22. The zero-order valence-corrected chi connectivity index (χ0v) is 13.4. The third-order valence-corrected chi connectivity index (χ3v) is 8.70. The third-order valence-electron chi connectivity index (χ3n) is 5.20. The van der Waals surface area contributed by atoms with E-state index >= 15 is 0 Å². The molecule has 4 rings (SSSR count). The van der Waals surface area contributed by atoms with Crippen molar-refractivity contribution < 1.29 is 30.0 Å². The van der Waals surface area contributed by atoms with E-state index in [-0.39, 0.29) is 0 Å². The molecule has 0 aromatic carbocycles. The summed E-state index contributed by atoms with van der Waals surface area (Å²) < 4.78 is 84.0. The van der Waals surface area contributed by atoms with Gasteiger partial charge in [-0.25, -0.2) is 16.8 Å². The molecule has 5 nitrogen and oxygen atoms in total. The molecular weight excluding hydrogens is 343 g/mol. The SMILES string of the molecule is O=S(=O)(CC12CC3CC(CC(C3)C1)C2)NS(=O)(=O)C(F)(F)F. The Morgan fingerprint density at radius 3 is 1.68 bits per heavy atom. The molecule has 4 fully saturated rings. The highest BCUT2D eigenvalue weighted by Gasteiger charge is 2.54. The number of sulfonamides is 2. The van der Waals surface area contributed by atoms with Gasteiger partial charge in [-0.05, 0) is 61.7 Å². The summed E-state index contributed by atoms with van der Waals surface area (Å²) in [6.07, 6.45) is 5.21. The highest BCUT2D eigenvalue weighted by atomic mass is 32.3. The van der Waals surface area contributed by atoms with Gasteiger partial charge in [-0.15, -0.1) is 4.13 Å². The lowest BCUT2D eigenvalue weighted by Gasteiger charge is -2.56. The van der Waals surface area contributed by atoms with Crippen molar-refractivity contribution >= 4 is 20.0 Å². The van der Waals surface area contributed by atoms with Crippen LogP contribution in [0.15, 0.2) is 0 Å². The largest absolute Gasteiger partial charge is 0.512 e. The van der Waals surface area contributed by atoms with Crippen molar-refractivity contribution in [1.29, 1.82) is 0 Å². The molecule has 10 heteroatoms. The van der Waals surface area contributed by atoms with Crippen molar-refractivity contribution in [3.8, 4) is 0 Å². The minimum Gasteiger partial charge on any atom is -0.211 e. The normalized spacial score (nSPS) is 38.4. The zero-order valence-electron chi connectivity index (χ0n) is 11.8. The Balaban J connectivity index is 1.78. The maximum atomic E-state index is 12.3. The molecule has 0 amide bonds. The first-order valence-corrected chi connectivity index (χ1v) is 10.4. The van der Waals surface area contributed by atoms with Crippen molar-refractivity contribution in [2.45, 2.75) is 44.0 Å². The lowest BCUT2D eigenvalue weighted by Crippen LogP contribution is -2.51. The van der Waals surface area contributed by atoms with Gasteiger partial charge in [0.2, 0.25) is 10.0 Å². The van der Waals surface area contributed by atoms with E-state index in [9.17, 15) is 30.0 Å². The summed E-state index contributed by atoms with van der Waals surface area (Å²) in [5.74, 6) is 0.765. The quantitative estimate of drug-likeness (QED) is 0.830. The summed E-state index contributed by atoms with van der Waals surface area (Å²) in [5, 5.41) is 0. The first kappa shape index (κ1) is 16.5. The maximum absolute atomic E-state index is 12.3. The second-order valence-electron chi connectivity index (χ2n) is 7.21. The summed E-state index contributed by atoms with van der Waals surface area (Å²) in [7, 11) is -10.4. The fraction of sp³-hybridized carbons (Fsp3) is 1.00. The fourth-order valence-corrected chi connectivity index (χ4v) is 8.22. The molecule has 0 unspecified atom stereocenters. The van der Waals surface area contributed by atoms with Crippen LogP contribution >= 0.6 is 0 Å². The van der Waals surface area contributed by atoms with Crippen molar-refractivity contribution in [2.75, 3.05) is 5.75 Å². The van der Waals surface area contributed by atoms with E-state index in [1.807, 2.05) is 0 Å². The highest BCUT2D eigenvalue weighted by Crippen LogP contribution is 2.60. The summed E-state index contributed by atoms with van der Waals surface area (Å²) in [6, 6.07) is 0. The topological polar surface area (TPSA) is 80.3 Å². The minimum absolute atomic E-state index is 0.431. The number of hydrogen-bond acceptors (Lipinski definition) is 4. The Labute approximate surface area is 127 Å². The van der Waals surface area contributed by atoms with Gasteiger partial charge in [-0.1, -0.05) is 0 Å². The van der Waals surface area contributed by atoms with Crippen LogP contribution in [-0.2, 0) is 20.0 Å². The summed E-state index contributed by atoms with van der Waals surface area (Å²) in [5.41, 5.74) is -6.18. The number of nitrogens with one attached hydrogen (secondary N) is 1. The van der Waals surface area contributed by atoms with E-state index in [0.29, 0.717) is 37.0 Å². The van der Waals surface area contributed by atoms with E-state index in [1.165, 1.54) is 0 Å². The predicted octanol–water partition coefficient (Wildman–Crippen LogP) is 1.97. The Morgan fingerprint density at radius 1 is 0.909 bits per heavy atom. The molecule has 4 saturated carbocycles. The Hall–Kier alpha value is -0.350. The molecule has 1 N–H and O–H groups in total. The number of alkyl halides is 3. The molecule has 0 aliphatic heterocycles. The highest BCUT2D eigenvalue weighted by molar-refractivity contribution is 8.05. The second-order valence-corrected chi connectivity index (χ2v) is 10.9. The molecule has 4 aliphatic carbocycles. The van der Waals surface area contributed by atoms with Crippen LogP contribution in [0.4, 0.5) is 13.2 Å². The molecule has 128 valence electrons. The predicted molar refractivity (Wildman–Crippen MR) is 72.5 cm³/mol. The van der Waals surface area contributed by atoms with Gasteiger partial charge in [-0.2, -0.15) is 13.2 Å². The zero-order chi connectivity index (χ0) is 16.4. The molecule has 0 spiro atoms. The van der Waals surface area contributed by atoms with Gasteiger partial charge in [0, 0.05) is 0 Å². The summed E-state index contributed by atoms with van der Waals surface area (Å²) in [6.45, 7) is 0. The molecular formula is C12H18F3NO4S2. The van der Waals surface area contributed by atoms with Gasteiger partial charge in [0.15, 0.2) is 0 Å². The Bertz CT molecular complexity index is 634. The average molecular weight is 361 g/mol. The van der Waals surface area contributed by atoms with Crippen molar-refractivity contribution in [3.05, 3.63) is 0 Å². The molecule has 0 heterocycles. The summed E-state index contributed by atoms with van der Waals surface area (Å²) >= 11 is 0. The van der Waals surface area contributed by atoms with Crippen LogP contribution in [0.25, 0.3) is 0 Å². The average Bonchev–Trinajstić information content (AvgIpc) is 2.20. The smallest absolute Gasteiger partial charge is 0.211 e. The van der Waals surface area contributed by atoms with Crippen molar-refractivity contribution in [1.82, 2.24) is 4.13 Å². The standard InChI is InChI=1S/C12H18F3NO4S2/c13-12(14,15)22(19,20)16-21(17,18)7-11-4-8-1-9(5-11)3-10(2-8)6-11/h8-10,16H,1-7H2. The number of halogens is 3. The first-order chi connectivity index (χ1) is 9.90. The molecule has 0 aromatic heterocycles. The third kappa shape index (κ3) is 3.01. The minimum atomic E-state index is -5.88. The maximum Gasteiger partial charge on any atom is 0.512 e.